The first-order valence-corrected chi connectivity index (χ1v) is 8.37. The SMILES string of the molecule is COCC(=O)N1CC2COCCN2C2(CN(CC(C)C)C2)C1. The van der Waals surface area contributed by atoms with Crippen molar-refractivity contribution in [1.29, 1.82) is 0 Å². The number of rotatable bonds is 4. The van der Waals surface area contributed by atoms with Crippen molar-refractivity contribution in [3.63, 3.8) is 0 Å². The minimum atomic E-state index is 0.106. The zero-order valence-electron chi connectivity index (χ0n) is 14.1. The topological polar surface area (TPSA) is 45.2 Å². The molecule has 1 unspecified atom stereocenters. The molecule has 6 heteroatoms. The van der Waals surface area contributed by atoms with Crippen molar-refractivity contribution in [1.82, 2.24) is 14.7 Å². The van der Waals surface area contributed by atoms with Crippen LogP contribution in [0, 0.1) is 5.92 Å². The molecule has 0 N–H and O–H groups in total. The largest absolute Gasteiger partial charge is 0.378 e. The Labute approximate surface area is 133 Å². The summed E-state index contributed by atoms with van der Waals surface area (Å²) < 4.78 is 10.7. The van der Waals surface area contributed by atoms with Crippen molar-refractivity contribution in [2.24, 2.45) is 5.92 Å². The van der Waals surface area contributed by atoms with Crippen LogP contribution >= 0.6 is 0 Å². The van der Waals surface area contributed by atoms with Gasteiger partial charge in [0.15, 0.2) is 0 Å². The summed E-state index contributed by atoms with van der Waals surface area (Å²) in [7, 11) is 1.58. The molecule has 3 fully saturated rings. The van der Waals surface area contributed by atoms with E-state index in [9.17, 15) is 4.79 Å². The van der Waals surface area contributed by atoms with E-state index < -0.39 is 0 Å². The number of amides is 1. The third-order valence-electron chi connectivity index (χ3n) is 5.03. The summed E-state index contributed by atoms with van der Waals surface area (Å²) in [5.74, 6) is 0.794. The maximum Gasteiger partial charge on any atom is 0.248 e. The number of likely N-dealkylation sites (tertiary alicyclic amines) is 1. The van der Waals surface area contributed by atoms with E-state index in [-0.39, 0.29) is 18.1 Å². The van der Waals surface area contributed by atoms with Crippen LogP contribution in [-0.2, 0) is 14.3 Å². The van der Waals surface area contributed by atoms with E-state index in [0.717, 1.165) is 52.5 Å². The molecule has 0 bridgehead atoms. The molecule has 126 valence electrons. The van der Waals surface area contributed by atoms with E-state index >= 15 is 0 Å². The van der Waals surface area contributed by atoms with Gasteiger partial charge in [-0.1, -0.05) is 13.8 Å². The van der Waals surface area contributed by atoms with Gasteiger partial charge in [-0.25, -0.2) is 0 Å². The van der Waals surface area contributed by atoms with E-state index in [4.69, 9.17) is 9.47 Å². The molecular weight excluding hydrogens is 282 g/mol. The van der Waals surface area contributed by atoms with E-state index in [0.29, 0.717) is 12.0 Å². The second kappa shape index (κ2) is 6.43. The lowest BCUT2D eigenvalue weighted by atomic mass is 9.82. The monoisotopic (exact) mass is 311 g/mol. The molecule has 0 aromatic carbocycles. The molecule has 3 aliphatic heterocycles. The van der Waals surface area contributed by atoms with Crippen molar-refractivity contribution in [3.05, 3.63) is 0 Å². The average molecular weight is 311 g/mol. The van der Waals surface area contributed by atoms with Crippen LogP contribution < -0.4 is 0 Å². The Bertz CT molecular complexity index is 409. The highest BCUT2D eigenvalue weighted by Crippen LogP contribution is 2.35. The van der Waals surface area contributed by atoms with Crippen LogP contribution in [-0.4, -0.2) is 98.4 Å². The van der Waals surface area contributed by atoms with Crippen molar-refractivity contribution in [2.75, 3.05) is 66.2 Å². The molecule has 0 aromatic rings. The Morgan fingerprint density at radius 1 is 1.36 bits per heavy atom. The standard InChI is InChI=1S/C16H29N3O3/c1-13(2)6-17-10-16(11-17)12-18(15(20)9-21-3)7-14-8-22-5-4-19(14)16/h13-14H,4-12H2,1-3H3. The molecule has 22 heavy (non-hydrogen) atoms. The summed E-state index contributed by atoms with van der Waals surface area (Å²) in [6.07, 6.45) is 0. The van der Waals surface area contributed by atoms with E-state index in [1.165, 1.54) is 0 Å². The average Bonchev–Trinajstić information content (AvgIpc) is 2.45. The molecule has 1 spiro atoms. The number of nitrogens with zero attached hydrogens (tertiary/aromatic N) is 3. The van der Waals surface area contributed by atoms with Gasteiger partial charge in [0.25, 0.3) is 0 Å². The van der Waals surface area contributed by atoms with Crippen LogP contribution in [0.25, 0.3) is 0 Å². The van der Waals surface area contributed by atoms with Gasteiger partial charge in [0.1, 0.15) is 6.61 Å². The van der Waals surface area contributed by atoms with Gasteiger partial charge in [0.2, 0.25) is 5.91 Å². The molecular formula is C16H29N3O3. The number of piperazine rings is 1. The lowest BCUT2D eigenvalue weighted by Gasteiger charge is -2.63. The minimum absolute atomic E-state index is 0.106. The number of hydrogen-bond acceptors (Lipinski definition) is 5. The predicted octanol–water partition coefficient (Wildman–Crippen LogP) is -0.114. The highest BCUT2D eigenvalue weighted by atomic mass is 16.5. The smallest absolute Gasteiger partial charge is 0.248 e. The lowest BCUT2D eigenvalue weighted by Crippen LogP contribution is -2.81. The molecule has 3 saturated heterocycles. The Kier molecular flexibility index (Phi) is 4.73. The third-order valence-corrected chi connectivity index (χ3v) is 5.03. The van der Waals surface area contributed by atoms with E-state index in [1.807, 2.05) is 4.90 Å². The van der Waals surface area contributed by atoms with Crippen molar-refractivity contribution >= 4 is 5.91 Å². The van der Waals surface area contributed by atoms with Gasteiger partial charge >= 0.3 is 0 Å². The van der Waals surface area contributed by atoms with Gasteiger partial charge in [-0.15, -0.1) is 0 Å². The van der Waals surface area contributed by atoms with Gasteiger partial charge in [-0.3, -0.25) is 14.6 Å². The molecule has 1 atom stereocenters. The van der Waals surface area contributed by atoms with Crippen LogP contribution in [0.4, 0.5) is 0 Å². The zero-order chi connectivity index (χ0) is 15.7. The summed E-state index contributed by atoms with van der Waals surface area (Å²) in [4.78, 5) is 19.4. The first-order valence-electron chi connectivity index (χ1n) is 8.37. The maximum atomic E-state index is 12.3. The first-order chi connectivity index (χ1) is 10.5. The van der Waals surface area contributed by atoms with Crippen molar-refractivity contribution in [2.45, 2.75) is 25.4 Å². The molecule has 0 aromatic heterocycles. The van der Waals surface area contributed by atoms with Gasteiger partial charge in [-0.05, 0) is 5.92 Å². The second-order valence-electron chi connectivity index (χ2n) is 7.42. The Hall–Kier alpha value is -0.690. The fraction of sp³-hybridized carbons (Fsp3) is 0.938. The van der Waals surface area contributed by atoms with Crippen molar-refractivity contribution < 1.29 is 14.3 Å². The molecule has 6 nitrogen and oxygen atoms in total. The first kappa shape index (κ1) is 16.2. The quantitative estimate of drug-likeness (QED) is 0.725. The number of ether oxygens (including phenoxy) is 2. The van der Waals surface area contributed by atoms with Crippen molar-refractivity contribution in [3.8, 4) is 0 Å². The van der Waals surface area contributed by atoms with Gasteiger partial charge in [0.05, 0.1) is 24.8 Å². The number of hydrogen-bond donors (Lipinski definition) is 0. The van der Waals surface area contributed by atoms with Gasteiger partial charge in [-0.2, -0.15) is 0 Å². The Balaban J connectivity index is 1.70. The summed E-state index contributed by atoms with van der Waals surface area (Å²) in [6, 6.07) is 0.338. The Morgan fingerprint density at radius 2 is 2.14 bits per heavy atom. The normalized spacial score (nSPS) is 28.7. The van der Waals surface area contributed by atoms with E-state index in [1.54, 1.807) is 7.11 Å². The van der Waals surface area contributed by atoms with Gasteiger partial charge < -0.3 is 14.4 Å². The van der Waals surface area contributed by atoms with Crippen LogP contribution in [0.15, 0.2) is 0 Å². The molecule has 3 rings (SSSR count). The number of carbonyl (C=O) groups excluding carboxylic acids is 1. The molecule has 0 saturated carbocycles. The highest BCUT2D eigenvalue weighted by molar-refractivity contribution is 5.77. The minimum Gasteiger partial charge on any atom is -0.378 e. The predicted molar refractivity (Wildman–Crippen MR) is 83.8 cm³/mol. The molecule has 1 amide bonds. The summed E-state index contributed by atoms with van der Waals surface area (Å²) in [5.41, 5.74) is 0.130. The zero-order valence-corrected chi connectivity index (χ0v) is 14.1. The van der Waals surface area contributed by atoms with Crippen LogP contribution in [0.3, 0.4) is 0 Å². The fourth-order valence-electron chi connectivity index (χ4n) is 4.31. The molecule has 3 heterocycles. The molecule has 0 radical (unpaired) electrons. The van der Waals surface area contributed by atoms with Crippen LogP contribution in [0.5, 0.6) is 0 Å². The maximum absolute atomic E-state index is 12.3. The number of carbonyl (C=O) groups is 1. The number of morpholine rings is 1. The van der Waals surface area contributed by atoms with Gasteiger partial charge in [0, 0.05) is 46.4 Å². The number of methoxy groups -OCH3 is 1. The summed E-state index contributed by atoms with van der Waals surface area (Å²) in [5, 5.41) is 0. The third kappa shape index (κ3) is 3.02. The Morgan fingerprint density at radius 3 is 2.82 bits per heavy atom. The van der Waals surface area contributed by atoms with Crippen LogP contribution in [0.1, 0.15) is 13.8 Å². The summed E-state index contributed by atoms with van der Waals surface area (Å²) in [6.45, 7) is 12.1. The lowest BCUT2D eigenvalue weighted by molar-refractivity contribution is -0.177. The van der Waals surface area contributed by atoms with Crippen LogP contribution in [0.2, 0.25) is 0 Å². The number of fused-ring (bicyclic) bond motifs is 2. The molecule has 0 aliphatic carbocycles. The summed E-state index contributed by atoms with van der Waals surface area (Å²) >= 11 is 0. The highest BCUT2D eigenvalue weighted by Gasteiger charge is 2.54. The fourth-order valence-corrected chi connectivity index (χ4v) is 4.31. The second-order valence-corrected chi connectivity index (χ2v) is 7.42. The van der Waals surface area contributed by atoms with E-state index in [2.05, 4.69) is 23.6 Å². The molecule has 3 aliphatic rings.